The molecule has 0 fully saturated rings. The van der Waals surface area contributed by atoms with E-state index < -0.39 is 28.2 Å². The third-order valence-electron chi connectivity index (χ3n) is 5.38. The van der Waals surface area contributed by atoms with Gasteiger partial charge in [-0.05, 0) is 57.2 Å². The van der Waals surface area contributed by atoms with Crippen molar-refractivity contribution in [3.63, 3.8) is 0 Å². The zero-order valence-electron chi connectivity index (χ0n) is 20.9. The summed E-state index contributed by atoms with van der Waals surface area (Å²) in [5, 5.41) is 10.2. The van der Waals surface area contributed by atoms with Crippen molar-refractivity contribution in [2.24, 2.45) is 4.99 Å². The van der Waals surface area contributed by atoms with Crippen LogP contribution in [0.3, 0.4) is 0 Å². The predicted octanol–water partition coefficient (Wildman–Crippen LogP) is 5.04. The molecule has 1 atom stereocenters. The Kier molecular flexibility index (Phi) is 7.79. The van der Waals surface area contributed by atoms with E-state index in [0.717, 1.165) is 0 Å². The molecular weight excluding hydrogens is 466 g/mol. The highest BCUT2D eigenvalue weighted by Crippen LogP contribution is 2.32. The molecule has 1 unspecified atom stereocenters. The van der Waals surface area contributed by atoms with Gasteiger partial charge in [-0.2, -0.15) is 4.79 Å². The summed E-state index contributed by atoms with van der Waals surface area (Å²) < 4.78 is 15.2. The van der Waals surface area contributed by atoms with E-state index in [1.54, 1.807) is 64.2 Å². The molecule has 1 aliphatic rings. The van der Waals surface area contributed by atoms with Gasteiger partial charge >= 0.3 is 18.2 Å². The molecule has 0 aliphatic carbocycles. The van der Waals surface area contributed by atoms with Crippen molar-refractivity contribution >= 4 is 29.7 Å². The average Bonchev–Trinajstić information content (AvgIpc) is 3.27. The number of carboxylic acid groups (broad SMARTS) is 1. The molecular formula is C26H30N3O7+. The number of rotatable bonds is 7. The van der Waals surface area contributed by atoms with Crippen LogP contribution in [0.2, 0.25) is 0 Å². The van der Waals surface area contributed by atoms with Crippen LogP contribution in [0.1, 0.15) is 37.6 Å². The number of amidine groups is 1. The molecule has 1 aliphatic heterocycles. The molecule has 0 radical (unpaired) electrons. The molecule has 190 valence electrons. The largest absolute Gasteiger partial charge is 0.529 e. The number of benzene rings is 2. The SMILES string of the molecule is COc1ccc(C(=O)Oc2ccc([N+]3(C(=O)O)C=CN=C3CCN(C)C(=O)OC(C)(C)C)cc2)cc1. The number of carbonyl (C=O) groups is 3. The standard InChI is InChI=1S/C26H29N3O7/c1-26(2,3)36-24(31)28(4)16-14-22-27-15-17-29(22,25(32)33)19-8-12-21(13-9-19)35-23(30)18-6-10-20(34-5)11-7-18/h6-13,15,17H,14,16H2,1-5H3/p+1. The average molecular weight is 497 g/mol. The molecule has 0 aromatic heterocycles. The second kappa shape index (κ2) is 10.6. The first-order valence-electron chi connectivity index (χ1n) is 11.2. The summed E-state index contributed by atoms with van der Waals surface area (Å²) in [7, 11) is 3.12. The maximum absolute atomic E-state index is 12.4. The van der Waals surface area contributed by atoms with Crippen molar-refractivity contribution in [2.45, 2.75) is 32.8 Å². The van der Waals surface area contributed by atoms with Crippen LogP contribution in [0.25, 0.3) is 0 Å². The van der Waals surface area contributed by atoms with Gasteiger partial charge < -0.3 is 24.2 Å². The summed E-state index contributed by atoms with van der Waals surface area (Å²) in [5.74, 6) is 0.642. The maximum atomic E-state index is 12.4. The number of quaternary nitrogens is 1. The molecule has 2 amide bonds. The van der Waals surface area contributed by atoms with Crippen LogP contribution < -0.4 is 14.0 Å². The molecule has 10 nitrogen and oxygen atoms in total. The number of methoxy groups -OCH3 is 1. The molecule has 2 aromatic carbocycles. The van der Waals surface area contributed by atoms with Crippen molar-refractivity contribution < 1.29 is 33.7 Å². The van der Waals surface area contributed by atoms with Gasteiger partial charge in [0.15, 0.2) is 5.69 Å². The number of hydrogen-bond acceptors (Lipinski definition) is 7. The Morgan fingerprint density at radius 3 is 2.17 bits per heavy atom. The van der Waals surface area contributed by atoms with Gasteiger partial charge in [0.05, 0.1) is 25.3 Å². The molecule has 1 N–H and O–H groups in total. The van der Waals surface area contributed by atoms with Gasteiger partial charge in [-0.1, -0.05) is 0 Å². The van der Waals surface area contributed by atoms with E-state index in [-0.39, 0.29) is 18.7 Å². The molecule has 3 rings (SSSR count). The van der Waals surface area contributed by atoms with Crippen LogP contribution in [-0.4, -0.2) is 60.3 Å². The van der Waals surface area contributed by atoms with Gasteiger partial charge in [0.2, 0.25) is 5.84 Å². The first-order valence-corrected chi connectivity index (χ1v) is 11.2. The van der Waals surface area contributed by atoms with E-state index in [2.05, 4.69) is 4.99 Å². The molecule has 0 saturated carbocycles. The molecule has 0 spiro atoms. The minimum atomic E-state index is -1.16. The Morgan fingerprint density at radius 2 is 1.61 bits per heavy atom. The first-order chi connectivity index (χ1) is 17.0. The van der Waals surface area contributed by atoms with E-state index in [1.165, 1.54) is 36.5 Å². The van der Waals surface area contributed by atoms with Crippen molar-refractivity contribution in [1.82, 2.24) is 9.38 Å². The van der Waals surface area contributed by atoms with E-state index in [4.69, 9.17) is 14.2 Å². The number of esters is 1. The number of hydrogen-bond donors (Lipinski definition) is 1. The lowest BCUT2D eigenvalue weighted by Gasteiger charge is -2.28. The second-order valence-corrected chi connectivity index (χ2v) is 9.11. The van der Waals surface area contributed by atoms with Gasteiger partial charge in [-0.15, -0.1) is 4.48 Å². The molecule has 2 aromatic rings. The quantitative estimate of drug-likeness (QED) is 0.324. The lowest BCUT2D eigenvalue weighted by atomic mass is 10.2. The lowest BCUT2D eigenvalue weighted by Crippen LogP contribution is -2.52. The molecule has 1 heterocycles. The fourth-order valence-corrected chi connectivity index (χ4v) is 3.50. The van der Waals surface area contributed by atoms with Crippen molar-refractivity contribution in [3.05, 3.63) is 66.5 Å². The fraction of sp³-hybridized carbons (Fsp3) is 0.308. The summed E-state index contributed by atoms with van der Waals surface area (Å²) in [4.78, 5) is 42.8. The van der Waals surface area contributed by atoms with Crippen LogP contribution in [0.15, 0.2) is 65.9 Å². The van der Waals surface area contributed by atoms with Crippen LogP contribution in [0.4, 0.5) is 15.3 Å². The van der Waals surface area contributed by atoms with Crippen LogP contribution in [-0.2, 0) is 4.74 Å². The normalized spacial score (nSPS) is 16.8. The van der Waals surface area contributed by atoms with Crippen molar-refractivity contribution in [1.29, 1.82) is 0 Å². The molecule has 0 saturated heterocycles. The minimum absolute atomic E-state index is 0.198. The van der Waals surface area contributed by atoms with Gasteiger partial charge in [0, 0.05) is 25.7 Å². The van der Waals surface area contributed by atoms with Crippen LogP contribution in [0, 0.1) is 0 Å². The first kappa shape index (κ1) is 26.4. The highest BCUT2D eigenvalue weighted by Gasteiger charge is 2.46. The van der Waals surface area contributed by atoms with Gasteiger partial charge in [0.1, 0.15) is 23.3 Å². The Labute approximate surface area is 209 Å². The Morgan fingerprint density at radius 1 is 1.00 bits per heavy atom. The second-order valence-electron chi connectivity index (χ2n) is 9.11. The zero-order chi connectivity index (χ0) is 26.5. The van der Waals surface area contributed by atoms with E-state index >= 15 is 0 Å². The molecule has 36 heavy (non-hydrogen) atoms. The van der Waals surface area contributed by atoms with Crippen LogP contribution in [0.5, 0.6) is 11.5 Å². The smallest absolute Gasteiger partial charge is 0.497 e. The van der Waals surface area contributed by atoms with Gasteiger partial charge in [0.25, 0.3) is 0 Å². The zero-order valence-corrected chi connectivity index (χ0v) is 20.9. The van der Waals surface area contributed by atoms with Gasteiger partial charge in [-0.3, -0.25) is 0 Å². The Balaban J connectivity index is 1.73. The third-order valence-corrected chi connectivity index (χ3v) is 5.38. The Bertz CT molecular complexity index is 1180. The van der Waals surface area contributed by atoms with E-state index in [9.17, 15) is 19.5 Å². The summed E-state index contributed by atoms with van der Waals surface area (Å²) >= 11 is 0. The van der Waals surface area contributed by atoms with Gasteiger partial charge in [-0.25, -0.2) is 14.6 Å². The molecule has 0 bridgehead atoms. The Hall–Kier alpha value is -4.18. The number of aliphatic imine (C=N–C) groups is 1. The summed E-state index contributed by atoms with van der Waals surface area (Å²) in [5.41, 5.74) is 0.0936. The summed E-state index contributed by atoms with van der Waals surface area (Å²) in [6, 6.07) is 12.7. The highest BCUT2D eigenvalue weighted by atomic mass is 16.6. The van der Waals surface area contributed by atoms with E-state index in [1.807, 2.05) is 0 Å². The third kappa shape index (κ3) is 5.89. The maximum Gasteiger partial charge on any atom is 0.529 e. The topological polar surface area (TPSA) is 115 Å². The summed E-state index contributed by atoms with van der Waals surface area (Å²) in [6.45, 7) is 5.52. The number of amides is 2. The number of nitrogens with zero attached hydrogens (tertiary/aromatic N) is 3. The predicted molar refractivity (Wildman–Crippen MR) is 134 cm³/mol. The monoisotopic (exact) mass is 496 g/mol. The molecule has 10 heteroatoms. The fourth-order valence-electron chi connectivity index (χ4n) is 3.50. The van der Waals surface area contributed by atoms with Crippen LogP contribution >= 0.6 is 0 Å². The van der Waals surface area contributed by atoms with Crippen molar-refractivity contribution in [3.8, 4) is 11.5 Å². The number of ether oxygens (including phenoxy) is 3. The highest BCUT2D eigenvalue weighted by molar-refractivity contribution is 6.11. The number of carbonyl (C=O) groups excluding carboxylic acids is 2. The van der Waals surface area contributed by atoms with Crippen molar-refractivity contribution in [2.75, 3.05) is 20.7 Å². The minimum Gasteiger partial charge on any atom is -0.497 e. The lowest BCUT2D eigenvalue weighted by molar-refractivity contribution is 0.0302. The summed E-state index contributed by atoms with van der Waals surface area (Å²) in [6.07, 6.45) is 1.40. The van der Waals surface area contributed by atoms with E-state index in [0.29, 0.717) is 22.8 Å².